The van der Waals surface area contributed by atoms with E-state index in [1.165, 1.54) is 27.4 Å². The highest BCUT2D eigenvalue weighted by Crippen LogP contribution is 2.38. The predicted octanol–water partition coefficient (Wildman–Crippen LogP) is 3.93. The summed E-state index contributed by atoms with van der Waals surface area (Å²) in [4.78, 5) is 12.7. The van der Waals surface area contributed by atoms with Gasteiger partial charge in [0.25, 0.3) is 0 Å². The van der Waals surface area contributed by atoms with Crippen molar-refractivity contribution in [3.05, 3.63) is 47.7 Å². The van der Waals surface area contributed by atoms with Crippen LogP contribution in [0.25, 0.3) is 0 Å². The predicted molar refractivity (Wildman–Crippen MR) is 107 cm³/mol. The number of anilines is 1. The van der Waals surface area contributed by atoms with E-state index in [0.717, 1.165) is 5.69 Å². The molecule has 0 fully saturated rings. The van der Waals surface area contributed by atoms with Crippen LogP contribution in [0.3, 0.4) is 0 Å². The van der Waals surface area contributed by atoms with Crippen molar-refractivity contribution in [2.24, 2.45) is 0 Å². The van der Waals surface area contributed by atoms with Gasteiger partial charge in [0.15, 0.2) is 28.8 Å². The fraction of sp³-hybridized carbons (Fsp3) is 0.286. The van der Waals surface area contributed by atoms with Crippen molar-refractivity contribution < 1.29 is 28.5 Å². The number of nitrogens with one attached hydrogen (secondary N) is 1. The topological polar surface area (TPSA) is 75.3 Å². The highest BCUT2D eigenvalue weighted by Gasteiger charge is 2.16. The molecule has 0 bridgehead atoms. The Kier molecular flexibility index (Phi) is 7.14. The molecule has 7 heteroatoms. The summed E-state index contributed by atoms with van der Waals surface area (Å²) in [7, 11) is 7.67. The van der Waals surface area contributed by atoms with Crippen molar-refractivity contribution in [3.63, 3.8) is 0 Å². The Hall–Kier alpha value is -3.35. The third-order valence-corrected chi connectivity index (χ3v) is 4.02. The molecule has 2 aromatic carbocycles. The summed E-state index contributed by atoms with van der Waals surface area (Å²) in [5, 5.41) is 3.17. The fourth-order valence-electron chi connectivity index (χ4n) is 2.68. The van der Waals surface area contributed by atoms with E-state index in [0.29, 0.717) is 40.0 Å². The lowest BCUT2D eigenvalue weighted by atomic mass is 10.1. The highest BCUT2D eigenvalue weighted by atomic mass is 16.5. The summed E-state index contributed by atoms with van der Waals surface area (Å²) >= 11 is 0. The van der Waals surface area contributed by atoms with Crippen LogP contribution in [-0.2, 0) is 0 Å². The summed E-state index contributed by atoms with van der Waals surface area (Å²) in [6, 6.07) is 8.64. The Morgan fingerprint density at radius 3 is 1.86 bits per heavy atom. The third-order valence-electron chi connectivity index (χ3n) is 4.02. The molecule has 0 aliphatic rings. The number of rotatable bonds is 9. The van der Waals surface area contributed by atoms with Gasteiger partial charge in [-0.1, -0.05) is 0 Å². The largest absolute Gasteiger partial charge is 0.493 e. The van der Waals surface area contributed by atoms with Crippen LogP contribution >= 0.6 is 0 Å². The van der Waals surface area contributed by atoms with Crippen LogP contribution in [-0.4, -0.2) is 41.3 Å². The number of ketones is 1. The van der Waals surface area contributed by atoms with Gasteiger partial charge in [-0.15, -0.1) is 0 Å². The van der Waals surface area contributed by atoms with E-state index >= 15 is 0 Å². The lowest BCUT2D eigenvalue weighted by Gasteiger charge is -2.13. The quantitative estimate of drug-likeness (QED) is 0.516. The molecule has 0 amide bonds. The Morgan fingerprint density at radius 2 is 1.36 bits per heavy atom. The van der Waals surface area contributed by atoms with Crippen LogP contribution in [0.15, 0.2) is 42.1 Å². The van der Waals surface area contributed by atoms with E-state index in [9.17, 15) is 4.79 Å². The minimum Gasteiger partial charge on any atom is -0.493 e. The molecular weight excluding hydrogens is 362 g/mol. The molecule has 2 rings (SSSR count). The van der Waals surface area contributed by atoms with Gasteiger partial charge in [-0.25, -0.2) is 0 Å². The monoisotopic (exact) mass is 387 g/mol. The number of carbonyl (C=O) groups excluding carboxylic acids is 1. The molecule has 0 aromatic heterocycles. The SMILES string of the molecule is COc1ccc(N/C(C)=C\C(=O)c2cc(OC)c(OC)c(OC)c2)cc1OC. The molecule has 0 aliphatic heterocycles. The second kappa shape index (κ2) is 9.55. The van der Waals surface area contributed by atoms with Crippen LogP contribution < -0.4 is 29.0 Å². The Labute approximate surface area is 164 Å². The van der Waals surface area contributed by atoms with Crippen molar-refractivity contribution in [2.45, 2.75) is 6.92 Å². The molecule has 28 heavy (non-hydrogen) atoms. The number of hydrogen-bond donors (Lipinski definition) is 1. The minimum atomic E-state index is -0.204. The van der Waals surface area contributed by atoms with Gasteiger partial charge in [-0.05, 0) is 31.2 Å². The van der Waals surface area contributed by atoms with Crippen molar-refractivity contribution in [2.75, 3.05) is 40.9 Å². The van der Waals surface area contributed by atoms with Crippen LogP contribution in [0.1, 0.15) is 17.3 Å². The molecule has 7 nitrogen and oxygen atoms in total. The second-order valence-electron chi connectivity index (χ2n) is 5.80. The molecule has 1 N–H and O–H groups in total. The Morgan fingerprint density at radius 1 is 0.786 bits per heavy atom. The number of allylic oxidation sites excluding steroid dienone is 2. The van der Waals surface area contributed by atoms with Crippen molar-refractivity contribution in [1.29, 1.82) is 0 Å². The molecule has 0 atom stereocenters. The smallest absolute Gasteiger partial charge is 0.203 e. The lowest BCUT2D eigenvalue weighted by Crippen LogP contribution is -2.04. The van der Waals surface area contributed by atoms with Crippen LogP contribution in [0.5, 0.6) is 28.7 Å². The molecular formula is C21H25NO6. The zero-order valence-corrected chi connectivity index (χ0v) is 16.9. The molecule has 0 saturated heterocycles. The normalized spacial score (nSPS) is 10.9. The fourth-order valence-corrected chi connectivity index (χ4v) is 2.68. The lowest BCUT2D eigenvalue weighted by molar-refractivity contribution is 0.104. The summed E-state index contributed by atoms with van der Waals surface area (Å²) in [5.74, 6) is 2.29. The van der Waals surface area contributed by atoms with E-state index < -0.39 is 0 Å². The third kappa shape index (κ3) is 4.68. The van der Waals surface area contributed by atoms with E-state index in [1.54, 1.807) is 45.4 Å². The van der Waals surface area contributed by atoms with Gasteiger partial charge in [-0.2, -0.15) is 0 Å². The van der Waals surface area contributed by atoms with E-state index in [1.807, 2.05) is 6.07 Å². The Balaban J connectivity index is 2.26. The molecule has 150 valence electrons. The number of methoxy groups -OCH3 is 5. The zero-order valence-electron chi connectivity index (χ0n) is 16.9. The summed E-state index contributed by atoms with van der Waals surface area (Å²) in [6.07, 6.45) is 1.50. The number of ether oxygens (including phenoxy) is 5. The standard InChI is InChI=1S/C21H25NO6/c1-13(22-15-7-8-17(24-2)18(12-15)25-3)9-16(23)14-10-19(26-4)21(28-6)20(11-14)27-5/h7-12,22H,1-6H3/b13-9-. The number of hydrogen-bond acceptors (Lipinski definition) is 7. The first-order chi connectivity index (χ1) is 13.5. The van der Waals surface area contributed by atoms with Gasteiger partial charge < -0.3 is 29.0 Å². The number of carbonyl (C=O) groups is 1. The summed E-state index contributed by atoms with van der Waals surface area (Å²) in [5.41, 5.74) is 1.85. The van der Waals surface area contributed by atoms with Crippen molar-refractivity contribution in [3.8, 4) is 28.7 Å². The molecule has 0 aliphatic carbocycles. The molecule has 0 unspecified atom stereocenters. The van der Waals surface area contributed by atoms with Crippen molar-refractivity contribution in [1.82, 2.24) is 0 Å². The first-order valence-corrected chi connectivity index (χ1v) is 8.49. The van der Waals surface area contributed by atoms with E-state index in [-0.39, 0.29) is 5.78 Å². The van der Waals surface area contributed by atoms with Crippen molar-refractivity contribution >= 4 is 11.5 Å². The first kappa shape index (κ1) is 21.0. The minimum absolute atomic E-state index is 0.204. The van der Waals surface area contributed by atoms with E-state index in [4.69, 9.17) is 23.7 Å². The van der Waals surface area contributed by atoms with Gasteiger partial charge in [0, 0.05) is 29.1 Å². The van der Waals surface area contributed by atoms with Crippen LogP contribution in [0, 0.1) is 0 Å². The van der Waals surface area contributed by atoms with Gasteiger partial charge in [0.1, 0.15) is 0 Å². The molecule has 2 aromatic rings. The van der Waals surface area contributed by atoms with Gasteiger partial charge >= 0.3 is 0 Å². The average molecular weight is 387 g/mol. The van der Waals surface area contributed by atoms with E-state index in [2.05, 4.69) is 5.32 Å². The second-order valence-corrected chi connectivity index (χ2v) is 5.80. The van der Waals surface area contributed by atoms with Crippen LogP contribution in [0.2, 0.25) is 0 Å². The first-order valence-electron chi connectivity index (χ1n) is 8.49. The maximum absolute atomic E-state index is 12.7. The van der Waals surface area contributed by atoms with Gasteiger partial charge in [-0.3, -0.25) is 4.79 Å². The maximum atomic E-state index is 12.7. The maximum Gasteiger partial charge on any atom is 0.203 e. The summed E-state index contributed by atoms with van der Waals surface area (Å²) < 4.78 is 26.4. The molecule has 0 spiro atoms. The van der Waals surface area contributed by atoms with Crippen LogP contribution in [0.4, 0.5) is 5.69 Å². The molecule has 0 heterocycles. The summed E-state index contributed by atoms with van der Waals surface area (Å²) in [6.45, 7) is 1.80. The molecule has 0 radical (unpaired) electrons. The number of benzene rings is 2. The average Bonchev–Trinajstić information content (AvgIpc) is 2.72. The molecule has 0 saturated carbocycles. The Bertz CT molecular complexity index is 850. The highest BCUT2D eigenvalue weighted by molar-refractivity contribution is 6.06. The van der Waals surface area contributed by atoms with Gasteiger partial charge in [0.2, 0.25) is 5.75 Å². The van der Waals surface area contributed by atoms with Gasteiger partial charge in [0.05, 0.1) is 35.5 Å². The zero-order chi connectivity index (χ0) is 20.7.